The van der Waals surface area contributed by atoms with Crippen LogP contribution in [0.25, 0.3) is 22.4 Å². The fourth-order valence-corrected chi connectivity index (χ4v) is 2.30. The van der Waals surface area contributed by atoms with Gasteiger partial charge in [-0.1, -0.05) is 18.2 Å². The molecule has 104 valence electrons. The van der Waals surface area contributed by atoms with Crippen molar-refractivity contribution >= 4 is 11.6 Å². The van der Waals surface area contributed by atoms with E-state index in [2.05, 4.69) is 15.0 Å². The highest BCUT2D eigenvalue weighted by molar-refractivity contribution is 6.28. The molecule has 0 saturated heterocycles. The monoisotopic (exact) mass is 296 g/mol. The summed E-state index contributed by atoms with van der Waals surface area (Å²) in [5, 5.41) is 0.223. The maximum absolute atomic E-state index is 5.95. The number of hydrogen-bond acceptors (Lipinski definition) is 4. The largest absolute Gasteiger partial charge is 0.326 e. The minimum Gasteiger partial charge on any atom is -0.326 e. The molecule has 2 heterocycles. The van der Waals surface area contributed by atoms with Gasteiger partial charge in [0.25, 0.3) is 0 Å². The Bertz CT molecular complexity index is 759. The zero-order valence-electron chi connectivity index (χ0n) is 11.2. The van der Waals surface area contributed by atoms with Crippen molar-refractivity contribution in [1.82, 2.24) is 15.0 Å². The molecule has 0 radical (unpaired) electrons. The normalized spacial score (nSPS) is 10.6. The number of halogens is 1. The van der Waals surface area contributed by atoms with Gasteiger partial charge in [-0.2, -0.15) is 0 Å². The topological polar surface area (TPSA) is 64.7 Å². The molecule has 0 spiro atoms. The van der Waals surface area contributed by atoms with Crippen molar-refractivity contribution in [3.05, 3.63) is 65.8 Å². The van der Waals surface area contributed by atoms with Crippen LogP contribution in [0.4, 0.5) is 0 Å². The third kappa shape index (κ3) is 2.91. The van der Waals surface area contributed by atoms with Gasteiger partial charge in [0.2, 0.25) is 5.28 Å². The molecule has 4 nitrogen and oxygen atoms in total. The molecule has 0 aliphatic rings. The van der Waals surface area contributed by atoms with Gasteiger partial charge < -0.3 is 5.73 Å². The molecule has 3 rings (SSSR count). The predicted molar refractivity (Wildman–Crippen MR) is 83.6 cm³/mol. The second-order valence-corrected chi connectivity index (χ2v) is 4.88. The van der Waals surface area contributed by atoms with Crippen LogP contribution in [-0.2, 0) is 6.54 Å². The van der Waals surface area contributed by atoms with Crippen LogP contribution in [0.2, 0.25) is 5.28 Å². The van der Waals surface area contributed by atoms with Gasteiger partial charge in [0.05, 0.1) is 5.69 Å². The van der Waals surface area contributed by atoms with Gasteiger partial charge in [-0.15, -0.1) is 0 Å². The van der Waals surface area contributed by atoms with Crippen molar-refractivity contribution in [1.29, 1.82) is 0 Å². The fourth-order valence-electron chi connectivity index (χ4n) is 2.17. The Morgan fingerprint density at radius 3 is 2.62 bits per heavy atom. The van der Waals surface area contributed by atoms with Crippen LogP contribution in [-0.4, -0.2) is 15.0 Å². The molecule has 0 fully saturated rings. The molecular weight excluding hydrogens is 284 g/mol. The summed E-state index contributed by atoms with van der Waals surface area (Å²) in [5.41, 5.74) is 10.4. The van der Waals surface area contributed by atoms with Gasteiger partial charge in [-0.3, -0.25) is 4.98 Å². The van der Waals surface area contributed by atoms with Crippen LogP contribution < -0.4 is 5.73 Å². The molecule has 0 bridgehead atoms. The molecule has 2 aromatic heterocycles. The highest BCUT2D eigenvalue weighted by Gasteiger charge is 2.11. The molecule has 0 atom stereocenters. The molecule has 1 aromatic carbocycles. The molecule has 0 amide bonds. The van der Waals surface area contributed by atoms with Crippen molar-refractivity contribution in [2.75, 3.05) is 0 Å². The van der Waals surface area contributed by atoms with Crippen LogP contribution in [0.1, 0.15) is 5.56 Å². The van der Waals surface area contributed by atoms with Crippen molar-refractivity contribution in [3.8, 4) is 22.4 Å². The Balaban J connectivity index is 2.18. The summed E-state index contributed by atoms with van der Waals surface area (Å²) in [6, 6.07) is 11.8. The summed E-state index contributed by atoms with van der Waals surface area (Å²) >= 11 is 5.95. The maximum atomic E-state index is 5.95. The van der Waals surface area contributed by atoms with E-state index in [1.807, 2.05) is 36.4 Å². The van der Waals surface area contributed by atoms with E-state index in [-0.39, 0.29) is 5.28 Å². The highest BCUT2D eigenvalue weighted by Crippen LogP contribution is 2.30. The molecule has 0 saturated carbocycles. The number of benzene rings is 1. The quantitative estimate of drug-likeness (QED) is 0.753. The molecule has 5 heteroatoms. The van der Waals surface area contributed by atoms with Crippen LogP contribution >= 0.6 is 11.6 Å². The number of nitrogens with two attached hydrogens (primary N) is 1. The number of nitrogens with zero attached hydrogens (tertiary/aromatic N) is 3. The minimum absolute atomic E-state index is 0.223. The number of hydrogen-bond donors (Lipinski definition) is 1. The van der Waals surface area contributed by atoms with E-state index in [1.54, 1.807) is 18.6 Å². The Morgan fingerprint density at radius 2 is 1.86 bits per heavy atom. The number of rotatable bonds is 3. The van der Waals surface area contributed by atoms with Crippen LogP contribution in [0.3, 0.4) is 0 Å². The van der Waals surface area contributed by atoms with Crippen LogP contribution in [0.15, 0.2) is 55.0 Å². The van der Waals surface area contributed by atoms with E-state index < -0.39 is 0 Å². The van der Waals surface area contributed by atoms with Gasteiger partial charge in [-0.25, -0.2) is 9.97 Å². The molecule has 0 unspecified atom stereocenters. The molecule has 0 aliphatic carbocycles. The van der Waals surface area contributed by atoms with Gasteiger partial charge in [0.15, 0.2) is 0 Å². The van der Waals surface area contributed by atoms with E-state index in [1.165, 1.54) is 0 Å². The molecular formula is C16H13ClN4. The first kappa shape index (κ1) is 13.7. The van der Waals surface area contributed by atoms with Crippen LogP contribution in [0, 0.1) is 0 Å². The van der Waals surface area contributed by atoms with E-state index in [0.717, 1.165) is 27.9 Å². The molecule has 21 heavy (non-hydrogen) atoms. The van der Waals surface area contributed by atoms with E-state index >= 15 is 0 Å². The number of pyridine rings is 1. The Hall–Kier alpha value is -2.30. The maximum Gasteiger partial charge on any atom is 0.222 e. The first-order chi connectivity index (χ1) is 10.3. The Kier molecular flexibility index (Phi) is 3.90. The minimum atomic E-state index is 0.223. The van der Waals surface area contributed by atoms with Gasteiger partial charge >= 0.3 is 0 Å². The van der Waals surface area contributed by atoms with Crippen molar-refractivity contribution in [3.63, 3.8) is 0 Å². The smallest absolute Gasteiger partial charge is 0.222 e. The fraction of sp³-hybridized carbons (Fsp3) is 0.0625. The van der Waals surface area contributed by atoms with Crippen molar-refractivity contribution < 1.29 is 0 Å². The highest BCUT2D eigenvalue weighted by atomic mass is 35.5. The summed E-state index contributed by atoms with van der Waals surface area (Å²) in [6.45, 7) is 0.493. The Labute approximate surface area is 127 Å². The van der Waals surface area contributed by atoms with Gasteiger partial charge in [-0.05, 0) is 40.9 Å². The third-order valence-corrected chi connectivity index (χ3v) is 3.37. The average molecular weight is 297 g/mol. The molecule has 0 aliphatic heterocycles. The van der Waals surface area contributed by atoms with Crippen molar-refractivity contribution in [2.24, 2.45) is 5.73 Å². The van der Waals surface area contributed by atoms with E-state index in [0.29, 0.717) is 6.54 Å². The summed E-state index contributed by atoms with van der Waals surface area (Å²) < 4.78 is 0. The van der Waals surface area contributed by atoms with E-state index in [9.17, 15) is 0 Å². The second-order valence-electron chi connectivity index (χ2n) is 4.54. The first-order valence-corrected chi connectivity index (χ1v) is 6.88. The molecule has 3 aromatic rings. The first-order valence-electron chi connectivity index (χ1n) is 6.50. The lowest BCUT2D eigenvalue weighted by Gasteiger charge is -2.10. The van der Waals surface area contributed by atoms with Gasteiger partial charge in [0, 0.05) is 36.3 Å². The summed E-state index contributed by atoms with van der Waals surface area (Å²) in [5.74, 6) is 0. The van der Waals surface area contributed by atoms with Crippen LogP contribution in [0.5, 0.6) is 0 Å². The summed E-state index contributed by atoms with van der Waals surface area (Å²) in [6.07, 6.45) is 5.19. The molecule has 2 N–H and O–H groups in total. The third-order valence-electron chi connectivity index (χ3n) is 3.19. The van der Waals surface area contributed by atoms with Crippen molar-refractivity contribution in [2.45, 2.75) is 6.54 Å². The lowest BCUT2D eigenvalue weighted by molar-refractivity contribution is 1.07. The average Bonchev–Trinajstić information content (AvgIpc) is 2.55. The summed E-state index contributed by atoms with van der Waals surface area (Å²) in [7, 11) is 0. The zero-order chi connectivity index (χ0) is 14.7. The Morgan fingerprint density at radius 1 is 1.05 bits per heavy atom. The number of aromatic nitrogens is 3. The lowest BCUT2D eigenvalue weighted by atomic mass is 10.00. The standard InChI is InChI=1S/C16H13ClN4/c17-16-20-10-14(13-3-1-2-11(8-13)9-18)15(21-16)12-4-6-19-7-5-12/h1-8,10H,9,18H2. The lowest BCUT2D eigenvalue weighted by Crippen LogP contribution is -1.97. The SMILES string of the molecule is NCc1cccc(-c2cnc(Cl)nc2-c2ccncc2)c1. The predicted octanol–water partition coefficient (Wildman–Crippen LogP) is 3.32. The zero-order valence-corrected chi connectivity index (χ0v) is 12.0. The summed E-state index contributed by atoms with van der Waals surface area (Å²) in [4.78, 5) is 12.5. The van der Waals surface area contributed by atoms with E-state index in [4.69, 9.17) is 17.3 Å². The van der Waals surface area contributed by atoms with Gasteiger partial charge in [0.1, 0.15) is 0 Å². The second kappa shape index (κ2) is 5.99.